The van der Waals surface area contributed by atoms with Gasteiger partial charge in [-0.05, 0) is 199 Å². The fourth-order valence-electron chi connectivity index (χ4n) is 15.2. The topological polar surface area (TPSA) is 54.0 Å². The van der Waals surface area contributed by atoms with Gasteiger partial charge in [0.25, 0.3) is 0 Å². The Hall–Kier alpha value is -9.54. The molecule has 0 N–H and O–H groups in total. The molecule has 4 nitrogen and oxygen atoms in total. The monoisotopic (exact) mass is 1250 g/mol. The Bertz CT molecular complexity index is 5390. The molecule has 15 aromatic rings. The predicted octanol–water partition coefficient (Wildman–Crippen LogP) is 23.9. The smallest absolute Gasteiger partial charge is 0.657 e. The van der Waals surface area contributed by atoms with Crippen LogP contribution in [0.3, 0.4) is 0 Å². The molecule has 0 spiro atoms. The molecule has 12 aromatic carbocycles. The third-order valence-corrected chi connectivity index (χ3v) is 20.1. The molecule has 0 amide bonds. The van der Waals surface area contributed by atoms with Gasteiger partial charge < -0.3 is 9.97 Å². The molecular weight excluding hydrogens is 1180 g/mol. The van der Waals surface area contributed by atoms with Crippen molar-refractivity contribution in [1.82, 2.24) is 19.9 Å². The number of nitrogens with zero attached hydrogens (tertiary/aromatic N) is 4. The SMILES string of the molecule is CC(C)(C)c1cc(-c2c3nc(c(-c4ccc5c6cccc7cccc(c8cccc4c85)c76)c4ccc([n-]4)c(-c4cc(C(C)(C)C)cc(C(C)(C)C)c4)c4nc(c(-c5ccc6c7cccc8cccc(c9cccc5c96)c87)c5ccc2[n-]5)C=C4)C=C3)cc(C(C)(C)C)c1.[Zn+2]. The minimum absolute atomic E-state index is 0. The Labute approximate surface area is 556 Å². The van der Waals surface area contributed by atoms with Gasteiger partial charge in [-0.15, -0.1) is 22.1 Å². The van der Waals surface area contributed by atoms with E-state index in [1.54, 1.807) is 0 Å². The molecule has 0 saturated carbocycles. The van der Waals surface area contributed by atoms with Crippen LogP contribution in [0.1, 0.15) is 128 Å². The molecule has 2 aliphatic heterocycles. The van der Waals surface area contributed by atoms with Crippen LogP contribution in [-0.2, 0) is 41.1 Å². The third-order valence-electron chi connectivity index (χ3n) is 20.1. The van der Waals surface area contributed by atoms with Gasteiger partial charge in [0.1, 0.15) is 0 Å². The van der Waals surface area contributed by atoms with Crippen molar-refractivity contribution < 1.29 is 19.5 Å². The molecule has 0 atom stereocenters. The maximum Gasteiger partial charge on any atom is 2.00 e. The second kappa shape index (κ2) is 20.7. The molecule has 0 saturated heterocycles. The summed E-state index contributed by atoms with van der Waals surface area (Å²) in [5, 5.41) is 19.9. The zero-order chi connectivity index (χ0) is 63.1. The largest absolute Gasteiger partial charge is 2.00 e. The molecule has 2 aliphatic rings. The maximum absolute atomic E-state index is 5.93. The second-order valence-electron chi connectivity index (χ2n) is 30.2. The molecule has 0 aliphatic carbocycles. The van der Waals surface area contributed by atoms with Crippen LogP contribution in [0.5, 0.6) is 0 Å². The molecule has 8 bridgehead atoms. The zero-order valence-corrected chi connectivity index (χ0v) is 58.2. The van der Waals surface area contributed by atoms with Crippen molar-refractivity contribution in [2.45, 2.75) is 105 Å². The Balaban J connectivity index is 0.00000686. The average molecular weight is 1250 g/mol. The summed E-state index contributed by atoms with van der Waals surface area (Å²) >= 11 is 0. The second-order valence-corrected chi connectivity index (χ2v) is 30.2. The first-order chi connectivity index (χ1) is 44.1. The summed E-state index contributed by atoms with van der Waals surface area (Å²) in [5.41, 5.74) is 19.4. The molecule has 3 aromatic heterocycles. The van der Waals surface area contributed by atoms with E-state index in [9.17, 15) is 0 Å². The molecule has 93 heavy (non-hydrogen) atoms. The zero-order valence-electron chi connectivity index (χ0n) is 55.3. The van der Waals surface area contributed by atoms with Crippen LogP contribution < -0.4 is 9.97 Å². The van der Waals surface area contributed by atoms with E-state index in [1.165, 1.54) is 97.7 Å². The minimum atomic E-state index is -0.145. The first-order valence-electron chi connectivity index (χ1n) is 32.7. The van der Waals surface area contributed by atoms with Gasteiger partial charge in [-0.3, -0.25) is 0 Å². The van der Waals surface area contributed by atoms with E-state index < -0.39 is 0 Å². The van der Waals surface area contributed by atoms with E-state index in [0.29, 0.717) is 0 Å². The number of rotatable bonds is 4. The summed E-state index contributed by atoms with van der Waals surface area (Å²) in [6, 6.07) is 73.2. The Morgan fingerprint density at radius 1 is 0.258 bits per heavy atom. The Morgan fingerprint density at radius 3 is 0.828 bits per heavy atom. The minimum Gasteiger partial charge on any atom is -0.657 e. The standard InChI is InChI=1S/C88H72N4.Zn/c1-85(2,3)53-43-51(44-54(47-53)86(4,5)6)79-69-35-39-73(89-69)83(67-33-31-65-59-25-15-21-49-19-13-23-57(77(49)59)61-27-17-29-63(67)81(61)65)75-41-37-71(91-75)80(52-45-55(87(7,8)9)48-56(46-52)88(10,11)12)72-38-42-76(92-72)84(74-40-36-70(79)90-74)68-34-32-66-60-26-16-22-50-20-14-24-58(78(50)60)62-28-18-30-64(68)82(62)66;/h13-48H,1-12H3;/q-2;+2. The predicted molar refractivity (Wildman–Crippen MR) is 396 cm³/mol. The maximum atomic E-state index is 5.93. The van der Waals surface area contributed by atoms with Crippen LogP contribution in [0.2, 0.25) is 0 Å². The van der Waals surface area contributed by atoms with Crippen LogP contribution >= 0.6 is 0 Å². The van der Waals surface area contributed by atoms with E-state index in [1.807, 2.05) is 0 Å². The van der Waals surface area contributed by atoms with E-state index >= 15 is 0 Å². The molecule has 0 fully saturated rings. The van der Waals surface area contributed by atoms with Crippen LogP contribution in [0.15, 0.2) is 194 Å². The van der Waals surface area contributed by atoms with Crippen molar-refractivity contribution in [2.24, 2.45) is 0 Å². The van der Waals surface area contributed by atoms with E-state index in [-0.39, 0.29) is 41.1 Å². The Morgan fingerprint density at radius 2 is 0.516 bits per heavy atom. The van der Waals surface area contributed by atoms with Gasteiger partial charge in [0.05, 0.1) is 22.8 Å². The van der Waals surface area contributed by atoms with Crippen molar-refractivity contribution >= 4 is 133 Å². The van der Waals surface area contributed by atoms with Crippen LogP contribution in [-0.4, -0.2) is 9.97 Å². The first kappa shape index (κ1) is 58.5. The number of hydrogen-bond donors (Lipinski definition) is 0. The number of benzene rings is 12. The molecule has 5 heterocycles. The van der Waals surface area contributed by atoms with Crippen molar-refractivity contribution in [1.29, 1.82) is 0 Å². The Kier molecular flexibility index (Phi) is 13.1. The third kappa shape index (κ3) is 9.23. The molecule has 17 rings (SSSR count). The first-order valence-corrected chi connectivity index (χ1v) is 32.7. The van der Waals surface area contributed by atoms with Crippen molar-refractivity contribution in [3.8, 4) is 44.5 Å². The quantitative estimate of drug-likeness (QED) is 0.100. The van der Waals surface area contributed by atoms with Crippen LogP contribution in [0.4, 0.5) is 0 Å². The molecule has 446 valence electrons. The van der Waals surface area contributed by atoms with Gasteiger partial charge in [-0.1, -0.05) is 277 Å². The molecule has 0 unspecified atom stereocenters. The molecular formula is C88H72N4Zn. The summed E-state index contributed by atoms with van der Waals surface area (Å²) in [6.07, 6.45) is 8.92. The van der Waals surface area contributed by atoms with Crippen molar-refractivity contribution in [3.05, 3.63) is 239 Å². The van der Waals surface area contributed by atoms with E-state index in [2.05, 4.69) is 302 Å². The van der Waals surface area contributed by atoms with Gasteiger partial charge in [0.15, 0.2) is 0 Å². The number of fused-ring (bicyclic) bond motifs is 12. The fraction of sp³-hybridized carbons (Fsp3) is 0.182. The summed E-state index contributed by atoms with van der Waals surface area (Å²) < 4.78 is 0. The van der Waals surface area contributed by atoms with Gasteiger partial charge in [0, 0.05) is 0 Å². The van der Waals surface area contributed by atoms with Gasteiger partial charge >= 0.3 is 19.5 Å². The van der Waals surface area contributed by atoms with E-state index in [4.69, 9.17) is 19.9 Å². The van der Waals surface area contributed by atoms with Gasteiger partial charge in [-0.2, -0.15) is 0 Å². The van der Waals surface area contributed by atoms with Crippen LogP contribution in [0.25, 0.3) is 177 Å². The fourth-order valence-corrected chi connectivity index (χ4v) is 15.2. The summed E-state index contributed by atoms with van der Waals surface area (Å²) in [4.78, 5) is 23.7. The van der Waals surface area contributed by atoms with Gasteiger partial charge in [0.2, 0.25) is 0 Å². The van der Waals surface area contributed by atoms with E-state index in [0.717, 1.165) is 100 Å². The van der Waals surface area contributed by atoms with Gasteiger partial charge in [-0.25, -0.2) is 9.97 Å². The molecule has 0 radical (unpaired) electrons. The average Bonchev–Trinajstić information content (AvgIpc) is 1.13. The summed E-state index contributed by atoms with van der Waals surface area (Å²) in [6.45, 7) is 27.8. The number of aromatic nitrogens is 4. The normalized spacial score (nSPS) is 13.2. The van der Waals surface area contributed by atoms with Crippen LogP contribution in [0, 0.1) is 0 Å². The van der Waals surface area contributed by atoms with Crippen molar-refractivity contribution in [3.63, 3.8) is 0 Å². The summed E-state index contributed by atoms with van der Waals surface area (Å²) in [5.74, 6) is 0. The van der Waals surface area contributed by atoms with Crippen molar-refractivity contribution in [2.75, 3.05) is 0 Å². The number of hydrogen-bond acceptors (Lipinski definition) is 2. The molecule has 5 heteroatoms. The summed E-state index contributed by atoms with van der Waals surface area (Å²) in [7, 11) is 0.